The van der Waals surface area contributed by atoms with Crippen LogP contribution in [0.4, 0.5) is 5.69 Å². The molecule has 0 heterocycles. The summed E-state index contributed by atoms with van der Waals surface area (Å²) in [6, 6.07) is 11.8. The highest BCUT2D eigenvalue weighted by Gasteiger charge is 2.33. The van der Waals surface area contributed by atoms with Gasteiger partial charge in [0.25, 0.3) is 5.91 Å². The minimum atomic E-state index is -0.817. The molecule has 1 atom stereocenters. The van der Waals surface area contributed by atoms with Crippen molar-refractivity contribution in [2.45, 2.75) is 52.6 Å². The molecular formula is C21H29NO3. The molecule has 0 fully saturated rings. The van der Waals surface area contributed by atoms with Crippen LogP contribution in [0.5, 0.6) is 5.75 Å². The summed E-state index contributed by atoms with van der Waals surface area (Å²) in [6.07, 6.45) is 2.52. The van der Waals surface area contributed by atoms with Gasteiger partial charge in [0.1, 0.15) is 11.4 Å². The Labute approximate surface area is 150 Å². The van der Waals surface area contributed by atoms with E-state index in [1.165, 1.54) is 0 Å². The molecule has 25 heavy (non-hydrogen) atoms. The second kappa shape index (κ2) is 8.86. The molecule has 1 N–H and O–H groups in total. The van der Waals surface area contributed by atoms with Crippen molar-refractivity contribution in [3.8, 4) is 5.75 Å². The summed E-state index contributed by atoms with van der Waals surface area (Å²) >= 11 is 0. The summed E-state index contributed by atoms with van der Waals surface area (Å²) < 4.78 is 11.6. The van der Waals surface area contributed by atoms with E-state index >= 15 is 0 Å². The van der Waals surface area contributed by atoms with Crippen LogP contribution in [0.2, 0.25) is 0 Å². The van der Waals surface area contributed by atoms with Gasteiger partial charge < -0.3 is 14.8 Å². The molecule has 2 aromatic rings. The van der Waals surface area contributed by atoms with Crippen LogP contribution in [-0.2, 0) is 9.53 Å². The molecule has 2 rings (SSSR count). The van der Waals surface area contributed by atoms with E-state index in [-0.39, 0.29) is 5.91 Å². The van der Waals surface area contributed by atoms with Crippen molar-refractivity contribution >= 4 is 22.4 Å². The van der Waals surface area contributed by atoms with Crippen LogP contribution in [0.1, 0.15) is 47.0 Å². The van der Waals surface area contributed by atoms with Gasteiger partial charge in [-0.3, -0.25) is 4.79 Å². The largest absolute Gasteiger partial charge is 0.493 e. The van der Waals surface area contributed by atoms with E-state index in [4.69, 9.17) is 9.47 Å². The highest BCUT2D eigenvalue weighted by molar-refractivity contribution is 6.06. The first-order valence-electron chi connectivity index (χ1n) is 9.15. The van der Waals surface area contributed by atoms with Crippen molar-refractivity contribution < 1.29 is 14.3 Å². The predicted octanol–water partition coefficient (Wildman–Crippen LogP) is 5.16. The fourth-order valence-electron chi connectivity index (χ4n) is 3.02. The van der Waals surface area contributed by atoms with Gasteiger partial charge in [0.2, 0.25) is 0 Å². The van der Waals surface area contributed by atoms with E-state index in [2.05, 4.69) is 19.2 Å². The van der Waals surface area contributed by atoms with Crippen molar-refractivity contribution in [1.82, 2.24) is 0 Å². The van der Waals surface area contributed by atoms with Crippen molar-refractivity contribution in [2.75, 3.05) is 18.5 Å². The lowest BCUT2D eigenvalue weighted by Crippen LogP contribution is -2.42. The number of carbonyl (C=O) groups excluding carboxylic acids is 1. The van der Waals surface area contributed by atoms with Gasteiger partial charge in [0, 0.05) is 23.1 Å². The molecule has 136 valence electrons. The Balaban J connectivity index is 2.33. The number of amides is 1. The summed E-state index contributed by atoms with van der Waals surface area (Å²) in [5, 5.41) is 5.03. The van der Waals surface area contributed by atoms with Gasteiger partial charge in [-0.2, -0.15) is 0 Å². The monoisotopic (exact) mass is 343 g/mol. The van der Waals surface area contributed by atoms with Gasteiger partial charge >= 0.3 is 0 Å². The molecule has 0 bridgehead atoms. The van der Waals surface area contributed by atoms with E-state index in [1.54, 1.807) is 0 Å². The van der Waals surface area contributed by atoms with E-state index in [1.807, 2.05) is 50.2 Å². The first-order valence-corrected chi connectivity index (χ1v) is 9.15. The normalized spacial score (nSPS) is 13.4. The average molecular weight is 343 g/mol. The fraction of sp³-hybridized carbons (Fsp3) is 0.476. The zero-order valence-electron chi connectivity index (χ0n) is 15.7. The van der Waals surface area contributed by atoms with Gasteiger partial charge in [0.05, 0.1) is 6.61 Å². The minimum absolute atomic E-state index is 0.108. The average Bonchev–Trinajstić information content (AvgIpc) is 2.61. The van der Waals surface area contributed by atoms with Crippen molar-refractivity contribution in [3.63, 3.8) is 0 Å². The van der Waals surface area contributed by atoms with Gasteiger partial charge in [0.15, 0.2) is 0 Å². The van der Waals surface area contributed by atoms with E-state index in [9.17, 15) is 4.79 Å². The molecule has 0 aliphatic carbocycles. The van der Waals surface area contributed by atoms with E-state index < -0.39 is 5.60 Å². The third-order valence-corrected chi connectivity index (χ3v) is 4.26. The maximum absolute atomic E-state index is 12.8. The quantitative estimate of drug-likeness (QED) is 0.684. The third kappa shape index (κ3) is 4.51. The standard InChI is InChI=1S/C21H29NO3/c1-5-14-21(4,25-7-3)20(23)22-18-12-13-19(24-15-6-2)17-11-9-8-10-16(17)18/h8-13H,5-7,14-15H2,1-4H3,(H,22,23)/t21-/m0/s1. The van der Waals surface area contributed by atoms with Crippen LogP contribution < -0.4 is 10.1 Å². The zero-order chi connectivity index (χ0) is 18.3. The number of nitrogens with one attached hydrogen (secondary N) is 1. The number of fused-ring (bicyclic) bond motifs is 1. The molecule has 0 aromatic heterocycles. The molecule has 0 unspecified atom stereocenters. The van der Waals surface area contributed by atoms with Crippen LogP contribution in [0.25, 0.3) is 10.8 Å². The third-order valence-electron chi connectivity index (χ3n) is 4.26. The Morgan fingerprint density at radius 1 is 1.04 bits per heavy atom. The summed E-state index contributed by atoms with van der Waals surface area (Å²) in [6.45, 7) is 9.09. The second-order valence-corrected chi connectivity index (χ2v) is 6.37. The molecule has 0 saturated heterocycles. The Bertz CT molecular complexity index is 705. The number of ether oxygens (including phenoxy) is 2. The SMILES string of the molecule is CCCOc1ccc(NC(=O)[C@](C)(CCC)OCC)c2ccccc12. The summed E-state index contributed by atoms with van der Waals surface area (Å²) in [5.74, 6) is 0.736. The minimum Gasteiger partial charge on any atom is -0.493 e. The van der Waals surface area contributed by atoms with Crippen molar-refractivity contribution in [3.05, 3.63) is 36.4 Å². The number of carbonyl (C=O) groups is 1. The predicted molar refractivity (Wildman–Crippen MR) is 103 cm³/mol. The molecule has 0 radical (unpaired) electrons. The van der Waals surface area contributed by atoms with Crippen LogP contribution >= 0.6 is 0 Å². The lowest BCUT2D eigenvalue weighted by molar-refractivity contribution is -0.139. The molecule has 0 aliphatic heterocycles. The molecule has 4 heteroatoms. The Morgan fingerprint density at radius 3 is 2.40 bits per heavy atom. The molecule has 0 spiro atoms. The number of hydrogen-bond acceptors (Lipinski definition) is 3. The topological polar surface area (TPSA) is 47.6 Å². The second-order valence-electron chi connectivity index (χ2n) is 6.37. The molecule has 2 aromatic carbocycles. The van der Waals surface area contributed by atoms with Crippen LogP contribution in [0, 0.1) is 0 Å². The zero-order valence-corrected chi connectivity index (χ0v) is 15.7. The lowest BCUT2D eigenvalue weighted by atomic mass is 9.98. The number of rotatable bonds is 9. The van der Waals surface area contributed by atoms with Crippen LogP contribution in [0.15, 0.2) is 36.4 Å². The van der Waals surface area contributed by atoms with Gasteiger partial charge in [-0.15, -0.1) is 0 Å². The van der Waals surface area contributed by atoms with Crippen molar-refractivity contribution in [1.29, 1.82) is 0 Å². The maximum atomic E-state index is 12.8. The number of anilines is 1. The highest BCUT2D eigenvalue weighted by Crippen LogP contribution is 2.32. The van der Waals surface area contributed by atoms with Crippen molar-refractivity contribution in [2.24, 2.45) is 0 Å². The molecule has 0 aliphatic rings. The first kappa shape index (κ1) is 19.3. The highest BCUT2D eigenvalue weighted by atomic mass is 16.5. The van der Waals surface area contributed by atoms with Gasteiger partial charge in [-0.25, -0.2) is 0 Å². The Kier molecular flexibility index (Phi) is 6.82. The Hall–Kier alpha value is -2.07. The number of benzene rings is 2. The first-order chi connectivity index (χ1) is 12.1. The van der Waals surface area contributed by atoms with E-state index in [0.29, 0.717) is 19.6 Å². The Morgan fingerprint density at radius 2 is 1.76 bits per heavy atom. The van der Waals surface area contributed by atoms with Gasteiger partial charge in [-0.05, 0) is 38.8 Å². The number of hydrogen-bond donors (Lipinski definition) is 1. The summed E-state index contributed by atoms with van der Waals surface area (Å²) in [4.78, 5) is 12.8. The maximum Gasteiger partial charge on any atom is 0.256 e. The lowest BCUT2D eigenvalue weighted by Gasteiger charge is -2.28. The van der Waals surface area contributed by atoms with E-state index in [0.717, 1.165) is 35.1 Å². The summed E-state index contributed by atoms with van der Waals surface area (Å²) in [5.41, 5.74) is -0.0337. The summed E-state index contributed by atoms with van der Waals surface area (Å²) in [7, 11) is 0. The van der Waals surface area contributed by atoms with Gasteiger partial charge in [-0.1, -0.05) is 44.5 Å². The van der Waals surface area contributed by atoms with Crippen LogP contribution in [0.3, 0.4) is 0 Å². The molecule has 4 nitrogen and oxygen atoms in total. The molecule has 0 saturated carbocycles. The molecular weight excluding hydrogens is 314 g/mol. The van der Waals surface area contributed by atoms with Crippen LogP contribution in [-0.4, -0.2) is 24.7 Å². The molecule has 1 amide bonds. The fourth-order valence-corrected chi connectivity index (χ4v) is 3.02. The smallest absolute Gasteiger partial charge is 0.256 e.